The molecule has 1 heterocycles. The average molecular weight is 290 g/mol. The monoisotopic (exact) mass is 290 g/mol. The lowest BCUT2D eigenvalue weighted by molar-refractivity contribution is -0.127. The van der Waals surface area contributed by atoms with E-state index in [1.807, 2.05) is 12.1 Å². The van der Waals surface area contributed by atoms with E-state index in [0.717, 1.165) is 37.9 Å². The highest BCUT2D eigenvalue weighted by Gasteiger charge is 2.25. The topological polar surface area (TPSA) is 52.6 Å². The molecule has 1 aromatic rings. The molecule has 1 amide bonds. The Morgan fingerprint density at radius 2 is 1.95 bits per heavy atom. The van der Waals surface area contributed by atoms with Crippen molar-refractivity contribution >= 4 is 5.91 Å². The zero-order chi connectivity index (χ0) is 15.2. The summed E-state index contributed by atoms with van der Waals surface area (Å²) in [7, 11) is 2.08. The van der Waals surface area contributed by atoms with Gasteiger partial charge >= 0.3 is 0 Å². The Bertz CT molecular complexity index is 450. The average Bonchev–Trinajstić information content (AvgIpc) is 2.53. The third-order valence-electron chi connectivity index (χ3n) is 4.38. The van der Waals surface area contributed by atoms with Crippen LogP contribution in [-0.2, 0) is 11.2 Å². The molecule has 1 saturated heterocycles. The largest absolute Gasteiger partial charge is 0.394 e. The Kier molecular flexibility index (Phi) is 5.76. The molecule has 1 atom stereocenters. The number of hydrogen-bond donors (Lipinski definition) is 2. The van der Waals surface area contributed by atoms with Crippen molar-refractivity contribution in [3.8, 4) is 0 Å². The fourth-order valence-electron chi connectivity index (χ4n) is 2.78. The smallest absolute Gasteiger partial charge is 0.223 e. The van der Waals surface area contributed by atoms with E-state index in [-0.39, 0.29) is 24.5 Å². The highest BCUT2D eigenvalue weighted by molar-refractivity contribution is 5.79. The summed E-state index contributed by atoms with van der Waals surface area (Å²) >= 11 is 0. The molecular formula is C17H26N2O2. The molecule has 0 aromatic heterocycles. The molecular weight excluding hydrogens is 264 g/mol. The van der Waals surface area contributed by atoms with E-state index < -0.39 is 0 Å². The number of rotatable bonds is 5. The summed E-state index contributed by atoms with van der Waals surface area (Å²) in [5, 5.41) is 12.6. The van der Waals surface area contributed by atoms with Crippen molar-refractivity contribution in [2.45, 2.75) is 32.2 Å². The first kappa shape index (κ1) is 16.0. The van der Waals surface area contributed by atoms with Gasteiger partial charge in [0.1, 0.15) is 0 Å². The van der Waals surface area contributed by atoms with Crippen LogP contribution in [0.1, 0.15) is 36.9 Å². The normalized spacial score (nSPS) is 18.4. The first-order chi connectivity index (χ1) is 10.1. The maximum atomic E-state index is 12.3. The Morgan fingerprint density at radius 1 is 1.33 bits per heavy atom. The number of hydrogen-bond acceptors (Lipinski definition) is 3. The van der Waals surface area contributed by atoms with Gasteiger partial charge in [0.05, 0.1) is 12.6 Å². The van der Waals surface area contributed by atoms with Crippen molar-refractivity contribution in [3.63, 3.8) is 0 Å². The quantitative estimate of drug-likeness (QED) is 0.868. The molecule has 2 rings (SSSR count). The van der Waals surface area contributed by atoms with Crippen molar-refractivity contribution in [2.24, 2.45) is 5.92 Å². The summed E-state index contributed by atoms with van der Waals surface area (Å²) in [5.41, 5.74) is 2.23. The molecule has 2 N–H and O–H groups in total. The van der Waals surface area contributed by atoms with Gasteiger partial charge in [-0.3, -0.25) is 4.79 Å². The van der Waals surface area contributed by atoms with Gasteiger partial charge < -0.3 is 15.3 Å². The van der Waals surface area contributed by atoms with Crippen LogP contribution in [0.5, 0.6) is 0 Å². The molecule has 4 heteroatoms. The second-order valence-electron chi connectivity index (χ2n) is 5.92. The number of carbonyl (C=O) groups excluding carboxylic acids is 1. The van der Waals surface area contributed by atoms with Crippen molar-refractivity contribution in [1.29, 1.82) is 0 Å². The highest BCUT2D eigenvalue weighted by atomic mass is 16.3. The lowest BCUT2D eigenvalue weighted by atomic mass is 9.95. The molecule has 0 bridgehead atoms. The SMILES string of the molecule is CCc1ccc(C(CO)NC(=O)C2CCN(C)CC2)cc1. The van der Waals surface area contributed by atoms with Crippen LogP contribution in [-0.4, -0.2) is 42.7 Å². The van der Waals surface area contributed by atoms with Crippen LogP contribution in [0.25, 0.3) is 0 Å². The number of piperidine rings is 1. The van der Waals surface area contributed by atoms with E-state index in [1.165, 1.54) is 5.56 Å². The lowest BCUT2D eigenvalue weighted by Crippen LogP contribution is -2.41. The molecule has 116 valence electrons. The van der Waals surface area contributed by atoms with E-state index in [2.05, 4.69) is 36.3 Å². The van der Waals surface area contributed by atoms with Crippen LogP contribution in [0.15, 0.2) is 24.3 Å². The number of benzene rings is 1. The van der Waals surface area contributed by atoms with E-state index in [0.29, 0.717) is 0 Å². The minimum Gasteiger partial charge on any atom is -0.394 e. The number of carbonyl (C=O) groups is 1. The molecule has 0 spiro atoms. The van der Waals surface area contributed by atoms with E-state index >= 15 is 0 Å². The van der Waals surface area contributed by atoms with Gasteiger partial charge in [-0.1, -0.05) is 31.2 Å². The summed E-state index contributed by atoms with van der Waals surface area (Å²) < 4.78 is 0. The minimum absolute atomic E-state index is 0.0656. The molecule has 0 radical (unpaired) electrons. The number of likely N-dealkylation sites (tertiary alicyclic amines) is 1. The summed E-state index contributed by atoms with van der Waals surface area (Å²) in [6, 6.07) is 7.80. The van der Waals surface area contributed by atoms with Crippen LogP contribution in [0.4, 0.5) is 0 Å². The first-order valence-corrected chi connectivity index (χ1v) is 7.82. The van der Waals surface area contributed by atoms with Crippen LogP contribution in [0, 0.1) is 5.92 Å². The Balaban J connectivity index is 1.96. The molecule has 1 aliphatic rings. The van der Waals surface area contributed by atoms with Gasteiger partial charge in [0.2, 0.25) is 5.91 Å². The van der Waals surface area contributed by atoms with Crippen molar-refractivity contribution in [3.05, 3.63) is 35.4 Å². The van der Waals surface area contributed by atoms with Gasteiger partial charge in [-0.2, -0.15) is 0 Å². The van der Waals surface area contributed by atoms with Gasteiger partial charge in [0.15, 0.2) is 0 Å². The number of aliphatic hydroxyl groups is 1. The van der Waals surface area contributed by atoms with Gasteiger partial charge in [-0.15, -0.1) is 0 Å². The van der Waals surface area contributed by atoms with E-state index in [4.69, 9.17) is 0 Å². The number of nitrogens with zero attached hydrogens (tertiary/aromatic N) is 1. The van der Waals surface area contributed by atoms with Crippen LogP contribution >= 0.6 is 0 Å². The number of nitrogens with one attached hydrogen (secondary N) is 1. The molecule has 1 aliphatic heterocycles. The third kappa shape index (κ3) is 4.29. The predicted molar refractivity (Wildman–Crippen MR) is 84.0 cm³/mol. The van der Waals surface area contributed by atoms with Crippen LogP contribution < -0.4 is 5.32 Å². The molecule has 0 saturated carbocycles. The summed E-state index contributed by atoms with van der Waals surface area (Å²) in [6.45, 7) is 3.98. The number of amides is 1. The summed E-state index contributed by atoms with van der Waals surface area (Å²) in [6.07, 6.45) is 2.79. The van der Waals surface area contributed by atoms with Crippen molar-refractivity contribution < 1.29 is 9.90 Å². The molecule has 1 fully saturated rings. The Labute approximate surface area is 127 Å². The van der Waals surface area contributed by atoms with Crippen molar-refractivity contribution in [2.75, 3.05) is 26.7 Å². The molecule has 0 aliphatic carbocycles. The molecule has 1 aromatic carbocycles. The summed E-state index contributed by atoms with van der Waals surface area (Å²) in [5.74, 6) is 0.145. The standard InChI is InChI=1S/C17H26N2O2/c1-3-13-4-6-14(7-5-13)16(12-20)18-17(21)15-8-10-19(2)11-9-15/h4-7,15-16,20H,3,8-12H2,1-2H3,(H,18,21). The second-order valence-corrected chi connectivity index (χ2v) is 5.92. The maximum Gasteiger partial charge on any atom is 0.223 e. The Hall–Kier alpha value is -1.39. The van der Waals surface area contributed by atoms with Gasteiger partial charge in [0.25, 0.3) is 0 Å². The predicted octanol–water partition coefficient (Wildman–Crippen LogP) is 1.74. The summed E-state index contributed by atoms with van der Waals surface area (Å²) in [4.78, 5) is 14.6. The fraction of sp³-hybridized carbons (Fsp3) is 0.588. The van der Waals surface area contributed by atoms with Gasteiger partial charge in [-0.05, 0) is 50.5 Å². The molecule has 21 heavy (non-hydrogen) atoms. The highest BCUT2D eigenvalue weighted by Crippen LogP contribution is 2.19. The lowest BCUT2D eigenvalue weighted by Gasteiger charge is -2.29. The second kappa shape index (κ2) is 7.57. The number of aliphatic hydroxyl groups excluding tert-OH is 1. The zero-order valence-electron chi connectivity index (χ0n) is 13.0. The molecule has 4 nitrogen and oxygen atoms in total. The van der Waals surface area contributed by atoms with Crippen LogP contribution in [0.3, 0.4) is 0 Å². The van der Waals surface area contributed by atoms with Gasteiger partial charge in [-0.25, -0.2) is 0 Å². The molecule has 1 unspecified atom stereocenters. The maximum absolute atomic E-state index is 12.3. The minimum atomic E-state index is -0.303. The van der Waals surface area contributed by atoms with Gasteiger partial charge in [0, 0.05) is 5.92 Å². The Morgan fingerprint density at radius 3 is 2.48 bits per heavy atom. The zero-order valence-corrected chi connectivity index (χ0v) is 13.0. The van der Waals surface area contributed by atoms with Crippen molar-refractivity contribution in [1.82, 2.24) is 10.2 Å². The fourth-order valence-corrected chi connectivity index (χ4v) is 2.78. The number of aryl methyl sites for hydroxylation is 1. The van der Waals surface area contributed by atoms with E-state index in [9.17, 15) is 9.90 Å². The third-order valence-corrected chi connectivity index (χ3v) is 4.38. The van der Waals surface area contributed by atoms with Crippen LogP contribution in [0.2, 0.25) is 0 Å². The first-order valence-electron chi connectivity index (χ1n) is 7.82. The van der Waals surface area contributed by atoms with E-state index in [1.54, 1.807) is 0 Å².